The molecule has 0 aromatic heterocycles. The van der Waals surface area contributed by atoms with Crippen molar-refractivity contribution in [2.75, 3.05) is 0 Å². The van der Waals surface area contributed by atoms with Crippen LogP contribution in [0, 0.1) is 5.92 Å². The number of hydrogen-bond acceptors (Lipinski definition) is 3. The molecule has 0 spiro atoms. The molecule has 1 N–H and O–H groups in total. The lowest BCUT2D eigenvalue weighted by atomic mass is 10.2. The smallest absolute Gasteiger partial charge is 0.261 e. The van der Waals surface area contributed by atoms with E-state index in [0.29, 0.717) is 11.5 Å². The van der Waals surface area contributed by atoms with Gasteiger partial charge in [-0.15, -0.1) is 0 Å². The maximum atomic E-state index is 11.9. The van der Waals surface area contributed by atoms with Gasteiger partial charge in [0.1, 0.15) is 0 Å². The van der Waals surface area contributed by atoms with Crippen molar-refractivity contribution in [1.29, 1.82) is 0 Å². The number of benzene rings is 1. The molecule has 2 atom stereocenters. The second-order valence-corrected chi connectivity index (χ2v) is 7.02. The largest absolute Gasteiger partial charge is 0.349 e. The van der Waals surface area contributed by atoms with Crippen molar-refractivity contribution in [3.63, 3.8) is 0 Å². The van der Waals surface area contributed by atoms with E-state index in [9.17, 15) is 13.2 Å². The van der Waals surface area contributed by atoms with Crippen LogP contribution in [0.4, 0.5) is 0 Å². The molecule has 98 valence electrons. The second-order valence-electron chi connectivity index (χ2n) is 4.45. The third kappa shape index (κ3) is 3.03. The van der Waals surface area contributed by atoms with E-state index >= 15 is 0 Å². The Morgan fingerprint density at radius 2 is 2.22 bits per heavy atom. The zero-order valence-electron chi connectivity index (χ0n) is 9.89. The van der Waals surface area contributed by atoms with Gasteiger partial charge in [-0.3, -0.25) is 4.79 Å². The first kappa shape index (κ1) is 13.4. The predicted octanol–water partition coefficient (Wildman–Crippen LogP) is 2.14. The predicted molar refractivity (Wildman–Crippen MR) is 69.1 cm³/mol. The van der Waals surface area contributed by atoms with E-state index in [1.54, 1.807) is 6.07 Å². The average molecular weight is 288 g/mol. The lowest BCUT2D eigenvalue weighted by molar-refractivity contribution is 0.0949. The number of halogens is 1. The SMILES string of the molecule is CCC1CC1NC(=O)c1cccc(S(=O)(=O)Cl)c1. The van der Waals surface area contributed by atoms with Gasteiger partial charge >= 0.3 is 0 Å². The van der Waals surface area contributed by atoms with E-state index in [4.69, 9.17) is 10.7 Å². The minimum absolute atomic E-state index is 0.0559. The summed E-state index contributed by atoms with van der Waals surface area (Å²) in [6, 6.07) is 5.96. The van der Waals surface area contributed by atoms with Crippen molar-refractivity contribution in [2.24, 2.45) is 5.92 Å². The molecule has 1 aliphatic rings. The lowest BCUT2D eigenvalue weighted by Crippen LogP contribution is -2.26. The van der Waals surface area contributed by atoms with Gasteiger partial charge in [-0.2, -0.15) is 0 Å². The van der Waals surface area contributed by atoms with Crippen LogP contribution in [0.2, 0.25) is 0 Å². The van der Waals surface area contributed by atoms with E-state index in [1.165, 1.54) is 18.2 Å². The molecule has 0 heterocycles. The Morgan fingerprint density at radius 1 is 1.50 bits per heavy atom. The van der Waals surface area contributed by atoms with Gasteiger partial charge in [0.05, 0.1) is 4.90 Å². The molecule has 1 saturated carbocycles. The number of carbonyl (C=O) groups excluding carboxylic acids is 1. The summed E-state index contributed by atoms with van der Waals surface area (Å²) in [6.45, 7) is 2.08. The average Bonchev–Trinajstić information content (AvgIpc) is 3.06. The summed E-state index contributed by atoms with van der Waals surface area (Å²) < 4.78 is 22.3. The van der Waals surface area contributed by atoms with Crippen LogP contribution in [0.1, 0.15) is 30.1 Å². The highest BCUT2D eigenvalue weighted by molar-refractivity contribution is 8.13. The van der Waals surface area contributed by atoms with Crippen LogP contribution in [0.5, 0.6) is 0 Å². The first-order chi connectivity index (χ1) is 8.41. The molecule has 2 rings (SSSR count). The summed E-state index contributed by atoms with van der Waals surface area (Å²) in [5.41, 5.74) is 0.318. The molecule has 1 aromatic rings. The first-order valence-electron chi connectivity index (χ1n) is 5.77. The van der Waals surface area contributed by atoms with Crippen molar-refractivity contribution < 1.29 is 13.2 Å². The first-order valence-corrected chi connectivity index (χ1v) is 8.08. The highest BCUT2D eigenvalue weighted by atomic mass is 35.7. The maximum absolute atomic E-state index is 11.9. The molecule has 0 aliphatic heterocycles. The van der Waals surface area contributed by atoms with E-state index in [1.807, 2.05) is 0 Å². The number of rotatable bonds is 4. The molecule has 6 heteroatoms. The summed E-state index contributed by atoms with van der Waals surface area (Å²) in [7, 11) is 1.44. The van der Waals surface area contributed by atoms with Crippen LogP contribution in [-0.2, 0) is 9.05 Å². The quantitative estimate of drug-likeness (QED) is 0.863. The Bertz CT molecular complexity index is 570. The minimum Gasteiger partial charge on any atom is -0.349 e. The molecular formula is C12H14ClNO3S. The maximum Gasteiger partial charge on any atom is 0.261 e. The van der Waals surface area contributed by atoms with Gasteiger partial charge in [0.25, 0.3) is 15.0 Å². The molecule has 1 aromatic carbocycles. The third-order valence-electron chi connectivity index (χ3n) is 3.14. The summed E-state index contributed by atoms with van der Waals surface area (Å²) in [6.07, 6.45) is 2.04. The Labute approximate surface area is 111 Å². The van der Waals surface area contributed by atoms with Gasteiger partial charge in [-0.1, -0.05) is 19.4 Å². The van der Waals surface area contributed by atoms with Gasteiger partial charge in [0.2, 0.25) is 0 Å². The van der Waals surface area contributed by atoms with Gasteiger partial charge in [0.15, 0.2) is 0 Å². The second kappa shape index (κ2) is 4.90. The molecule has 4 nitrogen and oxygen atoms in total. The highest BCUT2D eigenvalue weighted by Gasteiger charge is 2.36. The minimum atomic E-state index is -3.79. The topological polar surface area (TPSA) is 63.2 Å². The van der Waals surface area contributed by atoms with Crippen molar-refractivity contribution in [2.45, 2.75) is 30.7 Å². The Morgan fingerprint density at radius 3 is 2.78 bits per heavy atom. The number of nitrogens with one attached hydrogen (secondary N) is 1. The molecule has 18 heavy (non-hydrogen) atoms. The normalized spacial score (nSPS) is 22.6. The van der Waals surface area contributed by atoms with Crippen molar-refractivity contribution in [3.8, 4) is 0 Å². The van der Waals surface area contributed by atoms with Crippen LogP contribution in [0.3, 0.4) is 0 Å². The Hall–Kier alpha value is -1.07. The third-order valence-corrected chi connectivity index (χ3v) is 4.49. The van der Waals surface area contributed by atoms with E-state index in [2.05, 4.69) is 12.2 Å². The van der Waals surface area contributed by atoms with Gasteiger partial charge in [-0.05, 0) is 30.5 Å². The number of carbonyl (C=O) groups is 1. The highest BCUT2D eigenvalue weighted by Crippen LogP contribution is 2.33. The zero-order chi connectivity index (χ0) is 13.3. The zero-order valence-corrected chi connectivity index (χ0v) is 11.5. The van der Waals surface area contributed by atoms with Crippen LogP contribution >= 0.6 is 10.7 Å². The summed E-state index contributed by atoms with van der Waals surface area (Å²) in [5.74, 6) is 0.298. The molecule has 0 radical (unpaired) electrons. The van der Waals surface area contributed by atoms with E-state index in [0.717, 1.165) is 12.8 Å². The van der Waals surface area contributed by atoms with Crippen LogP contribution in [-0.4, -0.2) is 20.4 Å². The van der Waals surface area contributed by atoms with E-state index < -0.39 is 9.05 Å². The van der Waals surface area contributed by atoms with Crippen molar-refractivity contribution in [1.82, 2.24) is 5.32 Å². The summed E-state index contributed by atoms with van der Waals surface area (Å²) >= 11 is 0. The molecule has 2 unspecified atom stereocenters. The van der Waals surface area contributed by atoms with Crippen LogP contribution < -0.4 is 5.32 Å². The Balaban J connectivity index is 2.12. The monoisotopic (exact) mass is 287 g/mol. The van der Waals surface area contributed by atoms with Crippen LogP contribution in [0.25, 0.3) is 0 Å². The standard InChI is InChI=1S/C12H14ClNO3S/c1-2-8-7-11(8)14-12(15)9-4-3-5-10(6-9)18(13,16)17/h3-6,8,11H,2,7H2,1H3,(H,14,15). The summed E-state index contributed by atoms with van der Waals surface area (Å²) in [4.78, 5) is 11.8. The molecule has 1 amide bonds. The van der Waals surface area contributed by atoms with Crippen molar-refractivity contribution >= 4 is 25.6 Å². The van der Waals surface area contributed by atoms with Crippen LogP contribution in [0.15, 0.2) is 29.2 Å². The molecular weight excluding hydrogens is 274 g/mol. The van der Waals surface area contributed by atoms with Gasteiger partial charge in [-0.25, -0.2) is 8.42 Å². The summed E-state index contributed by atoms with van der Waals surface area (Å²) in [5, 5.41) is 2.87. The molecule has 1 aliphatic carbocycles. The van der Waals surface area contributed by atoms with E-state index in [-0.39, 0.29) is 16.8 Å². The van der Waals surface area contributed by atoms with Gasteiger partial charge in [0, 0.05) is 22.3 Å². The molecule has 1 fully saturated rings. The fraction of sp³-hybridized carbons (Fsp3) is 0.417. The fourth-order valence-electron chi connectivity index (χ4n) is 1.92. The fourth-order valence-corrected chi connectivity index (χ4v) is 2.71. The number of amides is 1. The molecule has 0 saturated heterocycles. The lowest BCUT2D eigenvalue weighted by Gasteiger charge is -2.05. The van der Waals surface area contributed by atoms with Crippen molar-refractivity contribution in [3.05, 3.63) is 29.8 Å². The Kier molecular flexibility index (Phi) is 3.64. The molecule has 0 bridgehead atoms. The number of hydrogen-bond donors (Lipinski definition) is 1. The van der Waals surface area contributed by atoms with Gasteiger partial charge < -0.3 is 5.32 Å².